The van der Waals surface area contributed by atoms with E-state index in [1.807, 2.05) is 19.9 Å². The molecule has 1 aromatic carbocycles. The predicted octanol–water partition coefficient (Wildman–Crippen LogP) is 4.66. The maximum atomic E-state index is 14.6. The van der Waals surface area contributed by atoms with Gasteiger partial charge in [-0.15, -0.1) is 11.3 Å². The van der Waals surface area contributed by atoms with Gasteiger partial charge in [0.1, 0.15) is 11.6 Å². The summed E-state index contributed by atoms with van der Waals surface area (Å²) in [4.78, 5) is 11.3. The van der Waals surface area contributed by atoms with Gasteiger partial charge in [0.05, 0.1) is 13.5 Å². The van der Waals surface area contributed by atoms with Gasteiger partial charge in [-0.1, -0.05) is 19.9 Å². The fourth-order valence-corrected chi connectivity index (χ4v) is 3.24. The summed E-state index contributed by atoms with van der Waals surface area (Å²) in [5.41, 5.74) is 0.573. The second kappa shape index (κ2) is 6.26. The van der Waals surface area contributed by atoms with Crippen LogP contribution in [0.4, 0.5) is 4.39 Å². The zero-order valence-corrected chi connectivity index (χ0v) is 13.0. The average Bonchev–Trinajstić information content (AvgIpc) is 2.80. The van der Waals surface area contributed by atoms with E-state index in [2.05, 4.69) is 0 Å². The molecule has 3 nitrogen and oxygen atoms in total. The van der Waals surface area contributed by atoms with Crippen LogP contribution in [0.15, 0.2) is 18.2 Å². The Labute approximate surface area is 126 Å². The molecule has 0 saturated heterocycles. The molecule has 0 aliphatic carbocycles. The Morgan fingerprint density at radius 1 is 1.48 bits per heavy atom. The molecule has 0 spiro atoms. The van der Waals surface area contributed by atoms with E-state index in [1.165, 1.54) is 18.4 Å². The van der Waals surface area contributed by atoms with Gasteiger partial charge in [-0.3, -0.25) is 4.79 Å². The van der Waals surface area contributed by atoms with E-state index in [0.29, 0.717) is 16.7 Å². The fourth-order valence-electron chi connectivity index (χ4n) is 2.22. The topological polar surface area (TPSA) is 46.5 Å². The molecule has 5 heteroatoms. The van der Waals surface area contributed by atoms with Gasteiger partial charge >= 0.3 is 5.97 Å². The summed E-state index contributed by atoms with van der Waals surface area (Å²) in [6.07, 6.45) is 3.22. The molecule has 2 aromatic rings. The van der Waals surface area contributed by atoms with Crippen molar-refractivity contribution in [2.45, 2.75) is 26.2 Å². The number of hydrogen-bond acceptors (Lipinski definition) is 3. The van der Waals surface area contributed by atoms with Crippen LogP contribution in [0.3, 0.4) is 0 Å². The van der Waals surface area contributed by atoms with Crippen LogP contribution in [0, 0.1) is 5.82 Å². The van der Waals surface area contributed by atoms with Crippen LogP contribution in [-0.2, 0) is 4.79 Å². The van der Waals surface area contributed by atoms with E-state index in [9.17, 15) is 9.18 Å². The summed E-state index contributed by atoms with van der Waals surface area (Å²) in [5.74, 6) is -0.566. The Kier molecular flexibility index (Phi) is 4.63. The Morgan fingerprint density at radius 2 is 2.19 bits per heavy atom. The average molecular weight is 308 g/mol. The summed E-state index contributed by atoms with van der Waals surface area (Å²) >= 11 is 1.41. The summed E-state index contributed by atoms with van der Waals surface area (Å²) in [6.45, 7) is 3.85. The second-order valence-corrected chi connectivity index (χ2v) is 6.14. The molecule has 1 N–H and O–H groups in total. The number of rotatable bonds is 5. The maximum Gasteiger partial charge on any atom is 0.307 e. The molecule has 0 unspecified atom stereocenters. The van der Waals surface area contributed by atoms with Gasteiger partial charge in [-0.2, -0.15) is 0 Å². The quantitative estimate of drug-likeness (QED) is 0.873. The third-order valence-corrected chi connectivity index (χ3v) is 4.20. The summed E-state index contributed by atoms with van der Waals surface area (Å²) < 4.78 is 20.7. The minimum atomic E-state index is -0.887. The van der Waals surface area contributed by atoms with E-state index in [-0.39, 0.29) is 18.2 Å². The van der Waals surface area contributed by atoms with Gasteiger partial charge in [-0.05, 0) is 24.1 Å². The summed E-state index contributed by atoms with van der Waals surface area (Å²) in [5, 5.41) is 9.17. The number of methoxy groups -OCH3 is 1. The second-order valence-electron chi connectivity index (χ2n) is 5.02. The van der Waals surface area contributed by atoms with Crippen molar-refractivity contribution in [3.8, 4) is 5.75 Å². The molecule has 0 fully saturated rings. The Morgan fingerprint density at radius 3 is 2.76 bits per heavy atom. The predicted molar refractivity (Wildman–Crippen MR) is 83.7 cm³/mol. The molecule has 0 atom stereocenters. The van der Waals surface area contributed by atoms with E-state index in [1.54, 1.807) is 18.2 Å². The van der Waals surface area contributed by atoms with Gasteiger partial charge in [-0.25, -0.2) is 4.39 Å². The lowest BCUT2D eigenvalue weighted by molar-refractivity contribution is -0.135. The number of carbonyl (C=O) groups is 1. The van der Waals surface area contributed by atoms with Gasteiger partial charge in [0.25, 0.3) is 0 Å². The number of hydrogen-bond donors (Lipinski definition) is 1. The first kappa shape index (κ1) is 15.5. The van der Waals surface area contributed by atoms with E-state index >= 15 is 0 Å². The van der Waals surface area contributed by atoms with Gasteiger partial charge in [0, 0.05) is 20.5 Å². The van der Waals surface area contributed by atoms with E-state index < -0.39 is 5.97 Å². The SMILES string of the molecule is COc1cc2sc(/C=C\CC(=O)O)cc2c(F)c1C(C)C. The van der Waals surface area contributed by atoms with Crippen molar-refractivity contribution in [3.05, 3.63) is 34.5 Å². The van der Waals surface area contributed by atoms with Crippen molar-refractivity contribution in [1.29, 1.82) is 0 Å². The summed E-state index contributed by atoms with van der Waals surface area (Å²) in [6, 6.07) is 3.59. The van der Waals surface area contributed by atoms with Crippen LogP contribution in [0.25, 0.3) is 16.2 Å². The van der Waals surface area contributed by atoms with Gasteiger partial charge in [0.2, 0.25) is 0 Å². The summed E-state index contributed by atoms with van der Waals surface area (Å²) in [7, 11) is 1.54. The molecular formula is C16H17FO3S. The highest BCUT2D eigenvalue weighted by molar-refractivity contribution is 7.19. The molecule has 0 amide bonds. The molecule has 2 rings (SSSR count). The minimum absolute atomic E-state index is 0.0234. The first-order valence-electron chi connectivity index (χ1n) is 6.62. The maximum absolute atomic E-state index is 14.6. The van der Waals surface area contributed by atoms with Crippen LogP contribution in [0.2, 0.25) is 0 Å². The molecule has 1 aromatic heterocycles. The first-order valence-corrected chi connectivity index (χ1v) is 7.44. The molecule has 21 heavy (non-hydrogen) atoms. The van der Waals surface area contributed by atoms with Gasteiger partial charge < -0.3 is 9.84 Å². The smallest absolute Gasteiger partial charge is 0.307 e. The van der Waals surface area contributed by atoms with Crippen molar-refractivity contribution in [2.24, 2.45) is 0 Å². The van der Waals surface area contributed by atoms with Crippen LogP contribution >= 0.6 is 11.3 Å². The van der Waals surface area contributed by atoms with Crippen molar-refractivity contribution >= 4 is 33.5 Å². The fraction of sp³-hybridized carbons (Fsp3) is 0.312. The van der Waals surface area contributed by atoms with E-state index in [4.69, 9.17) is 9.84 Å². The number of halogens is 1. The molecular weight excluding hydrogens is 291 g/mol. The molecule has 112 valence electrons. The van der Waals surface area contributed by atoms with Crippen molar-refractivity contribution < 1.29 is 19.0 Å². The number of aliphatic carboxylic acids is 1. The van der Waals surface area contributed by atoms with Crippen molar-refractivity contribution in [3.63, 3.8) is 0 Å². The standard InChI is InChI=1S/C16H17FO3S/c1-9(2)15-12(20-3)8-13-11(16(15)17)7-10(21-13)5-4-6-14(18)19/h4-5,7-9H,6H2,1-3H3,(H,18,19)/b5-4-. The highest BCUT2D eigenvalue weighted by Crippen LogP contribution is 2.38. The zero-order valence-electron chi connectivity index (χ0n) is 12.1. The lowest BCUT2D eigenvalue weighted by Gasteiger charge is -2.13. The number of carboxylic acid groups (broad SMARTS) is 1. The Hall–Kier alpha value is -1.88. The van der Waals surface area contributed by atoms with Crippen LogP contribution < -0.4 is 4.74 Å². The van der Waals surface area contributed by atoms with Crippen molar-refractivity contribution in [2.75, 3.05) is 7.11 Å². The monoisotopic (exact) mass is 308 g/mol. The molecule has 0 aliphatic rings. The van der Waals surface area contributed by atoms with Gasteiger partial charge in [0.15, 0.2) is 0 Å². The zero-order chi connectivity index (χ0) is 15.6. The van der Waals surface area contributed by atoms with Crippen molar-refractivity contribution in [1.82, 2.24) is 0 Å². The first-order chi connectivity index (χ1) is 9.93. The van der Waals surface area contributed by atoms with Crippen LogP contribution in [0.5, 0.6) is 5.75 Å². The Balaban J connectivity index is 2.50. The lowest BCUT2D eigenvalue weighted by atomic mass is 9.99. The lowest BCUT2D eigenvalue weighted by Crippen LogP contribution is -1.98. The highest BCUT2D eigenvalue weighted by Gasteiger charge is 2.18. The molecule has 0 radical (unpaired) electrons. The third-order valence-electron chi connectivity index (χ3n) is 3.15. The number of benzene rings is 1. The van der Waals surface area contributed by atoms with Crippen LogP contribution in [-0.4, -0.2) is 18.2 Å². The third kappa shape index (κ3) is 3.24. The number of carboxylic acids is 1. The molecule has 0 bridgehead atoms. The number of fused-ring (bicyclic) bond motifs is 1. The largest absolute Gasteiger partial charge is 0.496 e. The van der Waals surface area contributed by atoms with E-state index in [0.717, 1.165) is 9.58 Å². The molecule has 1 heterocycles. The minimum Gasteiger partial charge on any atom is -0.496 e. The molecule has 0 aliphatic heterocycles. The normalized spacial score (nSPS) is 11.7. The number of thiophene rings is 1. The highest BCUT2D eigenvalue weighted by atomic mass is 32.1. The van der Waals surface area contributed by atoms with Crippen LogP contribution in [0.1, 0.15) is 36.6 Å². The molecule has 0 saturated carbocycles. The Bertz CT molecular complexity index is 701. The number of ether oxygens (including phenoxy) is 1.